The van der Waals surface area contributed by atoms with Crippen LogP contribution in [0.3, 0.4) is 0 Å². The van der Waals surface area contributed by atoms with Crippen LogP contribution in [0.1, 0.15) is 6.92 Å². The van der Waals surface area contributed by atoms with Crippen molar-refractivity contribution >= 4 is 6.16 Å². The summed E-state index contributed by atoms with van der Waals surface area (Å²) < 4.78 is 4.72. The van der Waals surface area contributed by atoms with E-state index >= 15 is 0 Å². The molecule has 4 nitrogen and oxygen atoms in total. The van der Waals surface area contributed by atoms with Gasteiger partial charge in [-0.1, -0.05) is 6.61 Å². The van der Waals surface area contributed by atoms with Crippen LogP contribution in [-0.2, 0) is 4.74 Å². The summed E-state index contributed by atoms with van der Waals surface area (Å²) in [5, 5.41) is 13.9. The van der Waals surface area contributed by atoms with Crippen molar-refractivity contribution in [3.8, 4) is 0 Å². The first-order valence-corrected chi connectivity index (χ1v) is 2.44. The quantitative estimate of drug-likeness (QED) is 0.348. The van der Waals surface area contributed by atoms with E-state index < -0.39 is 6.16 Å². The van der Waals surface area contributed by atoms with Crippen LogP contribution in [-0.4, -0.2) is 29.6 Å². The molecule has 56 valence electrons. The van der Waals surface area contributed by atoms with E-state index in [0.717, 1.165) is 6.61 Å². The van der Waals surface area contributed by atoms with Gasteiger partial charge in [-0.15, -0.1) is 0 Å². The zero-order valence-electron chi connectivity index (χ0n) is 6.33. The molecule has 0 bridgehead atoms. The monoisotopic (exact) mass is 142 g/mol. The van der Waals surface area contributed by atoms with Gasteiger partial charge in [-0.25, -0.2) is 4.79 Å². The van der Waals surface area contributed by atoms with Crippen LogP contribution in [0.4, 0.5) is 4.79 Å². The van der Waals surface area contributed by atoms with Crippen molar-refractivity contribution in [2.45, 2.75) is 6.92 Å². The minimum absolute atomic E-state index is 0. The van der Waals surface area contributed by atoms with Gasteiger partial charge in [0.15, 0.2) is 0 Å². The Morgan fingerprint density at radius 3 is 1.90 bits per heavy atom. The topological polar surface area (TPSA) is 66.8 Å². The van der Waals surface area contributed by atoms with Gasteiger partial charge in [-0.3, -0.25) is 0 Å². The van der Waals surface area contributed by atoms with Crippen LogP contribution in [0, 0.1) is 6.92 Å². The second kappa shape index (κ2) is 15.9. The van der Waals surface area contributed by atoms with Gasteiger partial charge in [0.25, 0.3) is 0 Å². The molecule has 5 heteroatoms. The second-order valence-electron chi connectivity index (χ2n) is 0.979. The molecule has 2 N–H and O–H groups in total. The van der Waals surface area contributed by atoms with Crippen LogP contribution in [0.2, 0.25) is 0 Å². The van der Waals surface area contributed by atoms with Gasteiger partial charge in [-0.2, -0.15) is 0 Å². The second-order valence-corrected chi connectivity index (χ2v) is 0.979. The van der Waals surface area contributed by atoms with E-state index in [1.54, 1.807) is 0 Å². The molecule has 0 heterocycles. The molecule has 0 aromatic carbocycles. The third-order valence-corrected chi connectivity index (χ3v) is 0.348. The Labute approximate surface area is 72.4 Å². The third-order valence-electron chi connectivity index (χ3n) is 0.348. The zero-order valence-corrected chi connectivity index (χ0v) is 6.33. The summed E-state index contributed by atoms with van der Waals surface area (Å²) in [7, 11) is 0. The zero-order chi connectivity index (χ0) is 7.70. The molecular weight excluding hydrogens is 131 g/mol. The van der Waals surface area contributed by atoms with Crippen molar-refractivity contribution < 1.29 is 38.6 Å². The van der Waals surface area contributed by atoms with E-state index in [1.807, 2.05) is 6.92 Å². The Morgan fingerprint density at radius 2 is 1.90 bits per heavy atom. The fraction of sp³-hybridized carbons (Fsp3) is 0.600. The van der Waals surface area contributed by atoms with Gasteiger partial charge in [0.2, 0.25) is 0 Å². The molecule has 0 atom stereocenters. The van der Waals surface area contributed by atoms with E-state index in [-0.39, 0.29) is 18.9 Å². The number of rotatable bonds is 2. The van der Waals surface area contributed by atoms with Crippen molar-refractivity contribution in [3.05, 3.63) is 6.92 Å². The van der Waals surface area contributed by atoms with Crippen LogP contribution in [0.5, 0.6) is 0 Å². The normalized spacial score (nSPS) is 6.60. The van der Waals surface area contributed by atoms with Gasteiger partial charge in [0, 0.05) is 6.61 Å². The molecule has 0 amide bonds. The number of carbonyl (C=O) groups is 1. The van der Waals surface area contributed by atoms with Crippen LogP contribution in [0.25, 0.3) is 0 Å². The van der Waals surface area contributed by atoms with Crippen molar-refractivity contribution in [2.75, 3.05) is 13.2 Å². The van der Waals surface area contributed by atoms with Crippen LogP contribution < -0.4 is 18.9 Å². The molecule has 0 rings (SSSR count). The molecular formula is C5H11LiO4. The predicted molar refractivity (Wildman–Crippen MR) is 32.5 cm³/mol. The van der Waals surface area contributed by atoms with Crippen LogP contribution >= 0.6 is 0 Å². The first-order chi connectivity index (χ1) is 4.15. The van der Waals surface area contributed by atoms with E-state index in [9.17, 15) is 0 Å². The molecule has 0 fully saturated rings. The molecule has 0 radical (unpaired) electrons. The van der Waals surface area contributed by atoms with Crippen molar-refractivity contribution in [3.63, 3.8) is 0 Å². The molecule has 0 aromatic heterocycles. The molecule has 0 aromatic rings. The summed E-state index contributed by atoms with van der Waals surface area (Å²) in [5.41, 5.74) is 0. The standard InChI is InChI=1S/C4H9O.CH2O3.Li/c1-3-5-4-2;2-1(3)4;/h1,3-4H2,2H3;(H2,2,3,4);/q-1;;+1. The van der Waals surface area contributed by atoms with Gasteiger partial charge in [-0.05, 0) is 6.92 Å². The predicted octanol–water partition coefficient (Wildman–Crippen LogP) is -1.92. The maximum absolute atomic E-state index is 8.56. The Bertz CT molecular complexity index is 60.7. The summed E-state index contributed by atoms with van der Waals surface area (Å²) in [5.74, 6) is 0. The summed E-state index contributed by atoms with van der Waals surface area (Å²) >= 11 is 0. The SMILES string of the molecule is O=C(O)O.[CH2-]COCC.[Li+]. The van der Waals surface area contributed by atoms with Gasteiger partial charge in [0.05, 0.1) is 0 Å². The Kier molecular flexibility index (Phi) is 26.2. The molecule has 0 aliphatic heterocycles. The van der Waals surface area contributed by atoms with Crippen molar-refractivity contribution in [1.29, 1.82) is 0 Å². The molecule has 0 saturated carbocycles. The van der Waals surface area contributed by atoms with Gasteiger partial charge in [0.1, 0.15) is 0 Å². The van der Waals surface area contributed by atoms with Gasteiger partial charge < -0.3 is 21.9 Å². The minimum atomic E-state index is -1.83. The van der Waals surface area contributed by atoms with Crippen LogP contribution in [0.15, 0.2) is 0 Å². The van der Waals surface area contributed by atoms with E-state index in [2.05, 4.69) is 6.92 Å². The summed E-state index contributed by atoms with van der Waals surface area (Å²) in [4.78, 5) is 8.56. The van der Waals surface area contributed by atoms with E-state index in [1.165, 1.54) is 0 Å². The number of hydrogen-bond acceptors (Lipinski definition) is 2. The molecule has 0 aliphatic rings. The van der Waals surface area contributed by atoms with Crippen molar-refractivity contribution in [1.82, 2.24) is 0 Å². The average Bonchev–Trinajstić information content (AvgIpc) is 1.66. The Balaban J connectivity index is -0.0000000910. The fourth-order valence-electron chi connectivity index (χ4n) is 0.144. The summed E-state index contributed by atoms with van der Waals surface area (Å²) in [6, 6.07) is 0. The Morgan fingerprint density at radius 1 is 1.60 bits per heavy atom. The molecule has 0 saturated heterocycles. The number of ether oxygens (including phenoxy) is 1. The summed E-state index contributed by atoms with van der Waals surface area (Å²) in [6.07, 6.45) is -1.83. The maximum atomic E-state index is 8.56. The van der Waals surface area contributed by atoms with E-state index in [0.29, 0.717) is 6.61 Å². The maximum Gasteiger partial charge on any atom is 1.00 e. The first kappa shape index (κ1) is 16.4. The fourth-order valence-corrected chi connectivity index (χ4v) is 0.144. The molecule has 10 heavy (non-hydrogen) atoms. The van der Waals surface area contributed by atoms with Gasteiger partial charge >= 0.3 is 25.0 Å². The van der Waals surface area contributed by atoms with Crippen molar-refractivity contribution in [2.24, 2.45) is 0 Å². The minimum Gasteiger partial charge on any atom is -0.450 e. The number of hydrogen-bond donors (Lipinski definition) is 2. The summed E-state index contributed by atoms with van der Waals surface area (Å²) in [6.45, 7) is 6.78. The number of carboxylic acid groups (broad SMARTS) is 2. The first-order valence-electron chi connectivity index (χ1n) is 2.44. The molecule has 0 unspecified atom stereocenters. The van der Waals surface area contributed by atoms with E-state index in [4.69, 9.17) is 19.7 Å². The third kappa shape index (κ3) is 109. The average molecular weight is 142 g/mol. The largest absolute Gasteiger partial charge is 1.00 e. The molecule has 0 aliphatic carbocycles. The Hall–Kier alpha value is -0.173. The molecule has 0 spiro atoms. The smallest absolute Gasteiger partial charge is 0.450 e.